The fourth-order valence-corrected chi connectivity index (χ4v) is 5.41. The van der Waals surface area contributed by atoms with Crippen molar-refractivity contribution in [2.75, 3.05) is 5.32 Å². The van der Waals surface area contributed by atoms with Gasteiger partial charge in [-0.2, -0.15) is 0 Å². The summed E-state index contributed by atoms with van der Waals surface area (Å²) in [5, 5.41) is 24.8. The lowest BCUT2D eigenvalue weighted by atomic mass is 9.97. The van der Waals surface area contributed by atoms with E-state index in [0.717, 1.165) is 32.6 Å². The molecule has 3 heterocycles. The van der Waals surface area contributed by atoms with Crippen molar-refractivity contribution in [2.24, 2.45) is 14.1 Å². The standard InChI is InChI=1S/C29H26N4O4/c1-15-12-20-21(13-16(15)2)33-25(17-8-6-5-7-9-17)23-26(31(3)29(37)32(4)28(23)36)27(33)24(30-20)19-11-10-18(34)14-22(19)35/h5-14,24,30,34-35H,1-4H3/t24-/m1/s1. The second-order valence-electron chi connectivity index (χ2n) is 9.64. The van der Waals surface area contributed by atoms with Gasteiger partial charge in [0.05, 0.1) is 39.7 Å². The van der Waals surface area contributed by atoms with E-state index in [1.807, 2.05) is 48.7 Å². The first-order valence-corrected chi connectivity index (χ1v) is 12.0. The molecule has 0 radical (unpaired) electrons. The van der Waals surface area contributed by atoms with Crippen molar-refractivity contribution in [2.45, 2.75) is 19.9 Å². The van der Waals surface area contributed by atoms with E-state index in [1.54, 1.807) is 13.1 Å². The summed E-state index contributed by atoms with van der Waals surface area (Å²) in [4.78, 5) is 26.9. The first kappa shape index (κ1) is 22.7. The first-order valence-electron chi connectivity index (χ1n) is 12.0. The molecule has 0 unspecified atom stereocenters. The summed E-state index contributed by atoms with van der Waals surface area (Å²) < 4.78 is 4.66. The fourth-order valence-electron chi connectivity index (χ4n) is 5.41. The molecule has 0 spiro atoms. The van der Waals surface area contributed by atoms with Crippen molar-refractivity contribution in [3.63, 3.8) is 0 Å². The first-order chi connectivity index (χ1) is 17.7. The maximum Gasteiger partial charge on any atom is 0.331 e. The topological polar surface area (TPSA) is 101 Å². The Kier molecular flexibility index (Phi) is 4.85. The highest BCUT2D eigenvalue weighted by Crippen LogP contribution is 2.47. The predicted molar refractivity (Wildman–Crippen MR) is 144 cm³/mol. The zero-order valence-electron chi connectivity index (χ0n) is 20.9. The molecule has 3 N–H and O–H groups in total. The Morgan fingerprint density at radius 2 is 1.57 bits per heavy atom. The highest BCUT2D eigenvalue weighted by Gasteiger charge is 2.36. The number of phenols is 2. The third kappa shape index (κ3) is 3.15. The number of fused-ring (bicyclic) bond motifs is 5. The van der Waals surface area contributed by atoms with Gasteiger partial charge in [-0.05, 0) is 54.8 Å². The number of hydrogen-bond acceptors (Lipinski definition) is 5. The molecule has 8 nitrogen and oxygen atoms in total. The Morgan fingerprint density at radius 3 is 2.27 bits per heavy atom. The van der Waals surface area contributed by atoms with E-state index in [4.69, 9.17) is 0 Å². The van der Waals surface area contributed by atoms with Crippen LogP contribution in [-0.2, 0) is 14.1 Å². The lowest BCUT2D eigenvalue weighted by Crippen LogP contribution is -2.37. The van der Waals surface area contributed by atoms with Crippen molar-refractivity contribution in [1.29, 1.82) is 0 Å². The van der Waals surface area contributed by atoms with Gasteiger partial charge in [-0.3, -0.25) is 13.9 Å². The normalized spacial score (nSPS) is 14.3. The molecule has 1 aliphatic rings. The van der Waals surface area contributed by atoms with Gasteiger partial charge in [0.15, 0.2) is 0 Å². The molecule has 0 amide bonds. The van der Waals surface area contributed by atoms with Crippen molar-refractivity contribution in [1.82, 2.24) is 13.7 Å². The van der Waals surface area contributed by atoms with E-state index in [0.29, 0.717) is 27.9 Å². The number of anilines is 1. The monoisotopic (exact) mass is 494 g/mol. The third-order valence-corrected chi connectivity index (χ3v) is 7.41. The Morgan fingerprint density at radius 1 is 0.865 bits per heavy atom. The summed E-state index contributed by atoms with van der Waals surface area (Å²) in [6.45, 7) is 4.07. The van der Waals surface area contributed by atoms with Crippen LogP contribution in [0, 0.1) is 13.8 Å². The molecule has 186 valence electrons. The number of nitrogens with one attached hydrogen (secondary N) is 1. The van der Waals surface area contributed by atoms with Crippen LogP contribution in [0.3, 0.4) is 0 Å². The molecule has 3 aromatic carbocycles. The van der Waals surface area contributed by atoms with Crippen LogP contribution >= 0.6 is 0 Å². The van der Waals surface area contributed by atoms with Gasteiger partial charge in [-0.25, -0.2) is 4.79 Å². The van der Waals surface area contributed by atoms with Crippen LogP contribution in [0.5, 0.6) is 11.5 Å². The Hall–Kier alpha value is -4.72. The highest BCUT2D eigenvalue weighted by molar-refractivity contribution is 5.99. The number of benzene rings is 3. The van der Waals surface area contributed by atoms with E-state index in [2.05, 4.69) is 17.4 Å². The Bertz CT molecular complexity index is 1860. The number of rotatable bonds is 2. The van der Waals surface area contributed by atoms with Crippen molar-refractivity contribution >= 4 is 16.6 Å². The van der Waals surface area contributed by atoms with Crippen molar-refractivity contribution < 1.29 is 10.2 Å². The molecular formula is C29H26N4O4. The minimum Gasteiger partial charge on any atom is -0.508 e. The molecular weight excluding hydrogens is 468 g/mol. The van der Waals surface area contributed by atoms with Crippen LogP contribution in [0.4, 0.5) is 5.69 Å². The van der Waals surface area contributed by atoms with Crippen molar-refractivity contribution in [3.8, 4) is 28.4 Å². The average Bonchev–Trinajstić information content (AvgIpc) is 3.24. The van der Waals surface area contributed by atoms with Gasteiger partial charge >= 0.3 is 5.69 Å². The van der Waals surface area contributed by atoms with Crippen LogP contribution in [-0.4, -0.2) is 23.9 Å². The molecule has 2 aromatic heterocycles. The number of aromatic nitrogens is 3. The van der Waals surface area contributed by atoms with E-state index in [9.17, 15) is 19.8 Å². The van der Waals surface area contributed by atoms with E-state index in [1.165, 1.54) is 23.7 Å². The Labute approximate surface area is 212 Å². The summed E-state index contributed by atoms with van der Waals surface area (Å²) in [5.74, 6) is -0.156. The zero-order chi connectivity index (χ0) is 26.2. The summed E-state index contributed by atoms with van der Waals surface area (Å²) in [6.07, 6.45) is 0. The molecule has 0 aliphatic carbocycles. The zero-order valence-corrected chi connectivity index (χ0v) is 20.9. The van der Waals surface area contributed by atoms with Crippen LogP contribution in [0.25, 0.3) is 27.8 Å². The second-order valence-corrected chi connectivity index (χ2v) is 9.64. The Balaban J connectivity index is 1.88. The molecule has 1 atom stereocenters. The van der Waals surface area contributed by atoms with Gasteiger partial charge in [-0.15, -0.1) is 0 Å². The lowest BCUT2D eigenvalue weighted by molar-refractivity contribution is 0.444. The number of aromatic hydroxyl groups is 2. The number of hydrogen-bond donors (Lipinski definition) is 3. The second kappa shape index (κ2) is 7.89. The molecule has 0 fully saturated rings. The van der Waals surface area contributed by atoms with Crippen LogP contribution in [0.2, 0.25) is 0 Å². The fraction of sp³-hybridized carbons (Fsp3) is 0.172. The maximum absolute atomic E-state index is 13.7. The minimum absolute atomic E-state index is 0.0598. The maximum atomic E-state index is 13.7. The van der Waals surface area contributed by atoms with Crippen LogP contribution in [0.15, 0.2) is 70.3 Å². The minimum atomic E-state index is -0.618. The number of phenolic OH excluding ortho intramolecular Hbond substituents is 2. The summed E-state index contributed by atoms with van der Waals surface area (Å²) in [7, 11) is 3.14. The van der Waals surface area contributed by atoms with E-state index < -0.39 is 17.3 Å². The molecule has 0 saturated carbocycles. The molecule has 6 rings (SSSR count). The van der Waals surface area contributed by atoms with Crippen LogP contribution < -0.4 is 16.6 Å². The predicted octanol–water partition coefficient (Wildman–Crippen LogP) is 4.24. The van der Waals surface area contributed by atoms with Gasteiger partial charge in [-0.1, -0.05) is 30.3 Å². The van der Waals surface area contributed by atoms with Crippen LogP contribution in [0.1, 0.15) is 28.4 Å². The molecule has 0 saturated heterocycles. The van der Waals surface area contributed by atoms with E-state index >= 15 is 0 Å². The van der Waals surface area contributed by atoms with Gasteiger partial charge < -0.3 is 20.1 Å². The van der Waals surface area contributed by atoms with Crippen molar-refractivity contribution in [3.05, 3.63) is 104 Å². The quantitative estimate of drug-likeness (QED) is 0.341. The summed E-state index contributed by atoms with van der Waals surface area (Å²) in [6, 6.07) is 17.6. The van der Waals surface area contributed by atoms with Gasteiger partial charge in [0.1, 0.15) is 11.5 Å². The third-order valence-electron chi connectivity index (χ3n) is 7.41. The molecule has 1 aliphatic heterocycles. The number of nitrogens with zero attached hydrogens (tertiary/aromatic N) is 3. The summed E-state index contributed by atoms with van der Waals surface area (Å²) >= 11 is 0. The van der Waals surface area contributed by atoms with Gasteiger partial charge in [0, 0.05) is 25.7 Å². The molecule has 0 bridgehead atoms. The summed E-state index contributed by atoms with van der Waals surface area (Å²) in [5.41, 5.74) is 6.16. The lowest BCUT2D eigenvalue weighted by Gasteiger charge is -2.32. The SMILES string of the molecule is Cc1cc2c(cc1C)-n1c(-c3ccccc3)c3c(=O)n(C)c(=O)n(C)c3c1[C@@H](c1ccc(O)cc1O)N2. The largest absolute Gasteiger partial charge is 0.508 e. The van der Waals surface area contributed by atoms with Gasteiger partial charge in [0.25, 0.3) is 5.56 Å². The molecule has 5 aromatic rings. The number of aryl methyl sites for hydroxylation is 3. The van der Waals surface area contributed by atoms with Gasteiger partial charge in [0.2, 0.25) is 0 Å². The average molecular weight is 495 g/mol. The highest BCUT2D eigenvalue weighted by atomic mass is 16.3. The smallest absolute Gasteiger partial charge is 0.331 e. The van der Waals surface area contributed by atoms with E-state index in [-0.39, 0.29) is 11.5 Å². The molecule has 37 heavy (non-hydrogen) atoms. The molecule has 8 heteroatoms.